The summed E-state index contributed by atoms with van der Waals surface area (Å²) in [5.74, 6) is 0.486. The Labute approximate surface area is 208 Å². The van der Waals surface area contributed by atoms with Crippen LogP contribution in [0.1, 0.15) is 30.8 Å². The molecule has 1 fully saturated rings. The van der Waals surface area contributed by atoms with Gasteiger partial charge < -0.3 is 0 Å². The third kappa shape index (κ3) is 5.06. The van der Waals surface area contributed by atoms with Gasteiger partial charge in [-0.2, -0.15) is 13.7 Å². The van der Waals surface area contributed by atoms with E-state index in [1.807, 2.05) is 42.5 Å². The Kier molecular flexibility index (Phi) is 7.19. The Morgan fingerprint density at radius 1 is 0.800 bits per heavy atom. The van der Waals surface area contributed by atoms with Gasteiger partial charge in [0.25, 0.3) is 0 Å². The van der Waals surface area contributed by atoms with Crippen LogP contribution in [0.2, 0.25) is 0 Å². The molecule has 0 radical (unpaired) electrons. The van der Waals surface area contributed by atoms with E-state index < -0.39 is 20.0 Å². The molecule has 4 rings (SSSR count). The van der Waals surface area contributed by atoms with Crippen molar-refractivity contribution in [2.75, 3.05) is 26.2 Å². The lowest BCUT2D eigenvalue weighted by Crippen LogP contribution is -2.50. The van der Waals surface area contributed by atoms with E-state index in [1.54, 1.807) is 30.7 Å². The first kappa shape index (κ1) is 25.6. The molecule has 2 heterocycles. The van der Waals surface area contributed by atoms with Gasteiger partial charge in [-0.15, -0.1) is 0 Å². The van der Waals surface area contributed by atoms with Crippen LogP contribution in [0.25, 0.3) is 5.69 Å². The van der Waals surface area contributed by atoms with Gasteiger partial charge in [-0.3, -0.25) is 0 Å². The Bertz CT molecular complexity index is 1390. The van der Waals surface area contributed by atoms with Gasteiger partial charge in [0.1, 0.15) is 4.90 Å². The van der Waals surface area contributed by atoms with E-state index in [-0.39, 0.29) is 36.0 Å². The van der Waals surface area contributed by atoms with E-state index in [2.05, 4.69) is 18.9 Å². The lowest BCUT2D eigenvalue weighted by molar-refractivity contribution is 0.272. The summed E-state index contributed by atoms with van der Waals surface area (Å²) in [7, 11) is -7.53. The van der Waals surface area contributed by atoms with Crippen molar-refractivity contribution in [3.05, 3.63) is 71.5 Å². The number of sulfonamides is 2. The molecule has 1 saturated heterocycles. The van der Waals surface area contributed by atoms with E-state index in [9.17, 15) is 16.8 Å². The fraction of sp³-hybridized carbons (Fsp3) is 0.400. The molecule has 0 aliphatic carbocycles. The van der Waals surface area contributed by atoms with Crippen molar-refractivity contribution in [1.82, 2.24) is 18.4 Å². The first-order chi connectivity index (χ1) is 16.5. The average Bonchev–Trinajstić information content (AvgIpc) is 3.14. The van der Waals surface area contributed by atoms with Crippen molar-refractivity contribution in [2.24, 2.45) is 5.92 Å². The van der Waals surface area contributed by atoms with Crippen molar-refractivity contribution in [3.63, 3.8) is 0 Å². The number of benzene rings is 2. The normalized spacial score (nSPS) is 16.1. The smallest absolute Gasteiger partial charge is 0.236 e. The lowest BCUT2D eigenvalue weighted by Gasteiger charge is -2.33. The van der Waals surface area contributed by atoms with E-state index in [4.69, 9.17) is 0 Å². The van der Waals surface area contributed by atoms with Crippen LogP contribution < -0.4 is 0 Å². The van der Waals surface area contributed by atoms with Crippen molar-refractivity contribution >= 4 is 20.0 Å². The van der Waals surface area contributed by atoms with Crippen molar-refractivity contribution in [3.8, 4) is 5.69 Å². The number of para-hydroxylation sites is 1. The maximum Gasteiger partial charge on any atom is 0.246 e. The highest BCUT2D eigenvalue weighted by molar-refractivity contribution is 7.89. The van der Waals surface area contributed by atoms with E-state index in [0.717, 1.165) is 17.7 Å². The average molecular weight is 517 g/mol. The third-order valence-electron chi connectivity index (χ3n) is 6.23. The number of hydrogen-bond donors (Lipinski definition) is 0. The van der Waals surface area contributed by atoms with Gasteiger partial charge in [0, 0.05) is 26.2 Å². The quantitative estimate of drug-likeness (QED) is 0.480. The monoisotopic (exact) mass is 516 g/mol. The van der Waals surface area contributed by atoms with Crippen molar-refractivity contribution in [2.45, 2.75) is 43.9 Å². The zero-order valence-corrected chi connectivity index (χ0v) is 22.2. The SMILES string of the molecule is Cc1nn(-c2ccccc2)c(C)c1S(=O)(=O)N1CCN(S(=O)(=O)c2ccc(CC(C)C)cc2)CC1. The highest BCUT2D eigenvalue weighted by Gasteiger charge is 2.36. The van der Waals surface area contributed by atoms with Gasteiger partial charge in [-0.1, -0.05) is 44.2 Å². The van der Waals surface area contributed by atoms with Crippen LogP contribution in [0.3, 0.4) is 0 Å². The summed E-state index contributed by atoms with van der Waals surface area (Å²) in [5, 5.41) is 4.46. The minimum atomic E-state index is -3.83. The summed E-state index contributed by atoms with van der Waals surface area (Å²) in [6.07, 6.45) is 0.885. The summed E-state index contributed by atoms with van der Waals surface area (Å²) in [6.45, 7) is 8.03. The molecule has 8 nitrogen and oxygen atoms in total. The Morgan fingerprint density at radius 3 is 1.89 bits per heavy atom. The van der Waals surface area contributed by atoms with Crippen molar-refractivity contribution < 1.29 is 16.8 Å². The highest BCUT2D eigenvalue weighted by atomic mass is 32.2. The molecule has 35 heavy (non-hydrogen) atoms. The van der Waals surface area contributed by atoms with Gasteiger partial charge in [0.2, 0.25) is 20.0 Å². The van der Waals surface area contributed by atoms with Crippen molar-refractivity contribution in [1.29, 1.82) is 0 Å². The van der Waals surface area contributed by atoms with E-state index in [0.29, 0.717) is 17.3 Å². The summed E-state index contributed by atoms with van der Waals surface area (Å²) in [4.78, 5) is 0.413. The molecule has 188 valence electrons. The molecule has 0 amide bonds. The molecule has 10 heteroatoms. The minimum Gasteiger partial charge on any atom is -0.236 e. The number of hydrogen-bond acceptors (Lipinski definition) is 5. The van der Waals surface area contributed by atoms with Crippen LogP contribution >= 0.6 is 0 Å². The van der Waals surface area contributed by atoms with Gasteiger partial charge in [-0.05, 0) is 56.0 Å². The largest absolute Gasteiger partial charge is 0.246 e. The zero-order valence-electron chi connectivity index (χ0n) is 20.5. The molecular formula is C25H32N4O4S2. The minimum absolute atomic E-state index is 0.0857. The molecule has 0 atom stereocenters. The first-order valence-electron chi connectivity index (χ1n) is 11.7. The predicted molar refractivity (Wildman–Crippen MR) is 136 cm³/mol. The third-order valence-corrected chi connectivity index (χ3v) is 10.3. The second-order valence-electron chi connectivity index (χ2n) is 9.30. The van der Waals surface area contributed by atoms with E-state index >= 15 is 0 Å². The summed E-state index contributed by atoms with van der Waals surface area (Å²) in [6, 6.07) is 16.4. The molecule has 3 aromatic rings. The van der Waals surface area contributed by atoms with Crippen LogP contribution in [0.4, 0.5) is 0 Å². The molecule has 0 saturated carbocycles. The van der Waals surface area contributed by atoms with Crippen LogP contribution in [-0.4, -0.2) is 61.4 Å². The van der Waals surface area contributed by atoms with E-state index in [1.165, 1.54) is 8.61 Å². The Hall–Kier alpha value is -2.53. The molecule has 1 aliphatic heterocycles. The fourth-order valence-electron chi connectivity index (χ4n) is 4.52. The lowest BCUT2D eigenvalue weighted by atomic mass is 10.0. The molecule has 0 unspecified atom stereocenters. The summed E-state index contributed by atoms with van der Waals surface area (Å²) >= 11 is 0. The molecule has 0 spiro atoms. The Morgan fingerprint density at radius 2 is 1.34 bits per heavy atom. The molecular weight excluding hydrogens is 484 g/mol. The van der Waals surface area contributed by atoms with Crippen LogP contribution in [0.15, 0.2) is 64.4 Å². The first-order valence-corrected chi connectivity index (χ1v) is 14.6. The molecule has 1 aromatic heterocycles. The standard InChI is InChI=1S/C25H32N4O4S2/c1-19(2)18-22-10-12-24(13-11-22)34(30,31)27-14-16-28(17-15-27)35(32,33)25-20(3)26-29(21(25)4)23-8-6-5-7-9-23/h5-13,19H,14-18H2,1-4H3. The second-order valence-corrected chi connectivity index (χ2v) is 13.1. The second kappa shape index (κ2) is 9.85. The number of nitrogens with zero attached hydrogens (tertiary/aromatic N) is 4. The summed E-state index contributed by atoms with van der Waals surface area (Å²) in [5.41, 5.74) is 2.83. The van der Waals surface area contributed by atoms with Gasteiger partial charge in [-0.25, -0.2) is 21.5 Å². The van der Waals surface area contributed by atoms with Gasteiger partial charge >= 0.3 is 0 Å². The molecule has 0 N–H and O–H groups in total. The van der Waals surface area contributed by atoms with Crippen LogP contribution in [-0.2, 0) is 26.5 Å². The Balaban J connectivity index is 1.51. The molecule has 1 aliphatic rings. The maximum absolute atomic E-state index is 13.5. The maximum atomic E-state index is 13.5. The highest BCUT2D eigenvalue weighted by Crippen LogP contribution is 2.27. The molecule has 2 aromatic carbocycles. The van der Waals surface area contributed by atoms with Crippen LogP contribution in [0, 0.1) is 19.8 Å². The topological polar surface area (TPSA) is 92.6 Å². The van der Waals surface area contributed by atoms with Gasteiger partial charge in [0.15, 0.2) is 0 Å². The number of piperazine rings is 1. The number of aromatic nitrogens is 2. The predicted octanol–water partition coefficient (Wildman–Crippen LogP) is 3.38. The van der Waals surface area contributed by atoms with Crippen LogP contribution in [0.5, 0.6) is 0 Å². The summed E-state index contributed by atoms with van der Waals surface area (Å²) < 4.78 is 57.7. The fourth-order valence-corrected chi connectivity index (χ4v) is 7.72. The van der Waals surface area contributed by atoms with Gasteiger partial charge in [0.05, 0.1) is 22.0 Å². The number of rotatable bonds is 7. The molecule has 0 bridgehead atoms. The number of aryl methyl sites for hydroxylation is 1. The zero-order chi connectivity index (χ0) is 25.4.